The minimum atomic E-state index is -0.468. The molecule has 1 fully saturated rings. The topological polar surface area (TPSA) is 64.3 Å². The van der Waals surface area contributed by atoms with E-state index in [0.717, 1.165) is 29.5 Å². The molecule has 1 N–H and O–H groups in total. The van der Waals surface area contributed by atoms with Crippen molar-refractivity contribution in [2.75, 3.05) is 13.1 Å². The summed E-state index contributed by atoms with van der Waals surface area (Å²) in [4.78, 5) is 14.5. The number of carbonyl (C=O) groups is 1. The van der Waals surface area contributed by atoms with Gasteiger partial charge in [-0.1, -0.05) is 54.6 Å². The number of nitrogens with zero attached hydrogens (tertiary/aromatic N) is 2. The standard InChI is InChI=1S/C22H24N2O2/c23-13-10-17-6-4-5-9-20(17)16-21(25)24-14-11-19(12-15-24)22(26)18-7-2-1-3-8-18/h1-9,19,22,26H,10-12,14-16H2. The second-order valence-electron chi connectivity index (χ2n) is 6.85. The van der Waals surface area contributed by atoms with Crippen LogP contribution in [0.5, 0.6) is 0 Å². The van der Waals surface area contributed by atoms with Crippen molar-refractivity contribution in [1.29, 1.82) is 5.26 Å². The third-order valence-corrected chi connectivity index (χ3v) is 5.21. The molecule has 1 aliphatic heterocycles. The maximum Gasteiger partial charge on any atom is 0.227 e. The van der Waals surface area contributed by atoms with Gasteiger partial charge in [-0.25, -0.2) is 0 Å². The van der Waals surface area contributed by atoms with Gasteiger partial charge in [0.2, 0.25) is 5.91 Å². The molecule has 2 aromatic carbocycles. The van der Waals surface area contributed by atoms with Gasteiger partial charge in [-0.15, -0.1) is 0 Å². The number of piperidine rings is 1. The second-order valence-corrected chi connectivity index (χ2v) is 6.85. The number of nitriles is 1. The molecule has 0 aromatic heterocycles. The fourth-order valence-corrected chi connectivity index (χ4v) is 3.65. The summed E-state index contributed by atoms with van der Waals surface area (Å²) in [6, 6.07) is 19.5. The van der Waals surface area contributed by atoms with Crippen LogP contribution in [0.1, 0.15) is 35.6 Å². The fraction of sp³-hybridized carbons (Fsp3) is 0.364. The van der Waals surface area contributed by atoms with Gasteiger partial charge in [-0.05, 0) is 35.4 Å². The Morgan fingerprint density at radius 1 is 1.08 bits per heavy atom. The number of amides is 1. The summed E-state index contributed by atoms with van der Waals surface area (Å²) < 4.78 is 0. The van der Waals surface area contributed by atoms with Gasteiger partial charge in [0.25, 0.3) is 0 Å². The molecule has 1 saturated heterocycles. The normalized spacial score (nSPS) is 16.1. The zero-order valence-electron chi connectivity index (χ0n) is 14.8. The van der Waals surface area contributed by atoms with Crippen molar-refractivity contribution >= 4 is 5.91 Å². The summed E-state index contributed by atoms with van der Waals surface area (Å²) in [6.07, 6.45) is 1.81. The van der Waals surface area contributed by atoms with Gasteiger partial charge in [-0.3, -0.25) is 4.79 Å². The smallest absolute Gasteiger partial charge is 0.227 e. The molecular formula is C22H24N2O2. The fourth-order valence-electron chi connectivity index (χ4n) is 3.65. The maximum atomic E-state index is 12.7. The Kier molecular flexibility index (Phi) is 6.04. The monoisotopic (exact) mass is 348 g/mol. The van der Waals surface area contributed by atoms with E-state index in [4.69, 9.17) is 5.26 Å². The van der Waals surface area contributed by atoms with Crippen LogP contribution in [-0.4, -0.2) is 29.0 Å². The third-order valence-electron chi connectivity index (χ3n) is 5.21. The van der Waals surface area contributed by atoms with E-state index in [1.165, 1.54) is 0 Å². The summed E-state index contributed by atoms with van der Waals surface area (Å²) in [7, 11) is 0. The summed E-state index contributed by atoms with van der Waals surface area (Å²) in [5.74, 6) is 0.287. The van der Waals surface area contributed by atoms with Gasteiger partial charge in [0, 0.05) is 13.1 Å². The predicted molar refractivity (Wildman–Crippen MR) is 100 cm³/mol. The highest BCUT2D eigenvalue weighted by Crippen LogP contribution is 2.30. The van der Waals surface area contributed by atoms with E-state index in [2.05, 4.69) is 6.07 Å². The Labute approximate surface area is 154 Å². The van der Waals surface area contributed by atoms with Crippen LogP contribution < -0.4 is 0 Å². The van der Waals surface area contributed by atoms with E-state index in [-0.39, 0.29) is 11.8 Å². The number of hydrogen-bond acceptors (Lipinski definition) is 3. The van der Waals surface area contributed by atoms with E-state index < -0.39 is 6.10 Å². The summed E-state index contributed by atoms with van der Waals surface area (Å²) in [5, 5.41) is 19.5. The van der Waals surface area contributed by atoms with Crippen molar-refractivity contribution < 1.29 is 9.90 Å². The number of aliphatic hydroxyl groups excluding tert-OH is 1. The molecule has 4 nitrogen and oxygen atoms in total. The van der Waals surface area contributed by atoms with Gasteiger partial charge >= 0.3 is 0 Å². The lowest BCUT2D eigenvalue weighted by atomic mass is 9.87. The van der Waals surface area contributed by atoms with Crippen molar-refractivity contribution in [3.8, 4) is 6.07 Å². The second kappa shape index (κ2) is 8.64. The first-order valence-corrected chi connectivity index (χ1v) is 9.13. The van der Waals surface area contributed by atoms with E-state index in [9.17, 15) is 9.90 Å². The van der Waals surface area contributed by atoms with Gasteiger partial charge in [0.1, 0.15) is 0 Å². The number of hydrogen-bond donors (Lipinski definition) is 1. The highest BCUT2D eigenvalue weighted by Gasteiger charge is 2.28. The van der Waals surface area contributed by atoms with Crippen LogP contribution in [0.15, 0.2) is 54.6 Å². The molecule has 1 amide bonds. The average molecular weight is 348 g/mol. The van der Waals surface area contributed by atoms with Gasteiger partial charge < -0.3 is 10.0 Å². The van der Waals surface area contributed by atoms with Gasteiger partial charge in [-0.2, -0.15) is 5.26 Å². The lowest BCUT2D eigenvalue weighted by molar-refractivity contribution is -0.132. The minimum Gasteiger partial charge on any atom is -0.388 e. The molecule has 2 aromatic rings. The van der Waals surface area contributed by atoms with Crippen LogP contribution in [0.25, 0.3) is 0 Å². The lowest BCUT2D eigenvalue weighted by Crippen LogP contribution is -2.40. The molecule has 26 heavy (non-hydrogen) atoms. The van der Waals surface area contributed by atoms with E-state index >= 15 is 0 Å². The SMILES string of the molecule is N#CCc1ccccc1CC(=O)N1CCC(C(O)c2ccccc2)CC1. The van der Waals surface area contributed by atoms with Crippen molar-refractivity contribution in [1.82, 2.24) is 4.90 Å². The molecule has 0 bridgehead atoms. The number of aliphatic hydroxyl groups is 1. The Hall–Kier alpha value is -2.64. The van der Waals surface area contributed by atoms with Crippen LogP contribution >= 0.6 is 0 Å². The molecule has 0 radical (unpaired) electrons. The molecule has 4 heteroatoms. The molecule has 1 heterocycles. The zero-order chi connectivity index (χ0) is 18.4. The largest absolute Gasteiger partial charge is 0.388 e. The van der Waals surface area contributed by atoms with Crippen molar-refractivity contribution in [3.05, 3.63) is 71.3 Å². The lowest BCUT2D eigenvalue weighted by Gasteiger charge is -2.34. The van der Waals surface area contributed by atoms with Crippen molar-refractivity contribution in [2.24, 2.45) is 5.92 Å². The highest BCUT2D eigenvalue weighted by molar-refractivity contribution is 5.79. The van der Waals surface area contributed by atoms with Crippen LogP contribution in [0.4, 0.5) is 0 Å². The van der Waals surface area contributed by atoms with Crippen molar-refractivity contribution in [3.63, 3.8) is 0 Å². The number of likely N-dealkylation sites (tertiary alicyclic amines) is 1. The Bertz CT molecular complexity index is 774. The molecule has 1 atom stereocenters. The maximum absolute atomic E-state index is 12.7. The quantitative estimate of drug-likeness (QED) is 0.902. The Morgan fingerprint density at radius 2 is 1.69 bits per heavy atom. The van der Waals surface area contributed by atoms with Crippen LogP contribution in [0, 0.1) is 17.2 Å². The summed E-state index contributed by atoms with van der Waals surface area (Å²) >= 11 is 0. The molecule has 0 aliphatic carbocycles. The molecule has 3 rings (SSSR count). The third kappa shape index (κ3) is 4.30. The highest BCUT2D eigenvalue weighted by atomic mass is 16.3. The minimum absolute atomic E-state index is 0.100. The molecular weight excluding hydrogens is 324 g/mol. The summed E-state index contributed by atoms with van der Waals surface area (Å²) in [5.41, 5.74) is 2.81. The molecule has 0 spiro atoms. The molecule has 1 unspecified atom stereocenters. The van der Waals surface area contributed by atoms with E-state index in [0.29, 0.717) is 25.9 Å². The number of rotatable bonds is 5. The van der Waals surface area contributed by atoms with E-state index in [1.54, 1.807) is 0 Å². The zero-order valence-corrected chi connectivity index (χ0v) is 14.8. The molecule has 1 aliphatic rings. The Morgan fingerprint density at radius 3 is 2.35 bits per heavy atom. The Balaban J connectivity index is 1.57. The van der Waals surface area contributed by atoms with Gasteiger partial charge in [0.05, 0.1) is 25.0 Å². The van der Waals surface area contributed by atoms with Crippen molar-refractivity contribution in [2.45, 2.75) is 31.8 Å². The number of carbonyl (C=O) groups excluding carboxylic acids is 1. The predicted octanol–water partition coefficient (Wildman–Crippen LogP) is 3.27. The first-order valence-electron chi connectivity index (χ1n) is 9.13. The molecule has 0 saturated carbocycles. The first-order chi connectivity index (χ1) is 12.7. The summed E-state index contributed by atoms with van der Waals surface area (Å²) in [6.45, 7) is 1.35. The average Bonchev–Trinajstić information content (AvgIpc) is 2.70. The van der Waals surface area contributed by atoms with Crippen LogP contribution in [0.3, 0.4) is 0 Å². The van der Waals surface area contributed by atoms with Gasteiger partial charge in [0.15, 0.2) is 0 Å². The van der Waals surface area contributed by atoms with Crippen LogP contribution in [-0.2, 0) is 17.6 Å². The molecule has 134 valence electrons. The first kappa shape index (κ1) is 18.2. The van der Waals surface area contributed by atoms with E-state index in [1.807, 2.05) is 59.5 Å². The number of benzene rings is 2. The van der Waals surface area contributed by atoms with Crippen LogP contribution in [0.2, 0.25) is 0 Å².